The van der Waals surface area contributed by atoms with Crippen LogP contribution in [0.2, 0.25) is 0 Å². The Balaban J connectivity index is 1.17. The van der Waals surface area contributed by atoms with Crippen LogP contribution >= 0.6 is 0 Å². The molecule has 3 aliphatic heterocycles. The summed E-state index contributed by atoms with van der Waals surface area (Å²) in [5.74, 6) is 1.06. The van der Waals surface area contributed by atoms with Crippen molar-refractivity contribution in [2.75, 3.05) is 45.8 Å². The van der Waals surface area contributed by atoms with Gasteiger partial charge in [-0.2, -0.15) is 0 Å². The number of hydrogen-bond donors (Lipinski definition) is 0. The lowest BCUT2D eigenvalue weighted by Gasteiger charge is -2.41. The first-order valence-corrected chi connectivity index (χ1v) is 16.5. The molecule has 0 unspecified atom stereocenters. The minimum absolute atomic E-state index is 0.0250. The first kappa shape index (κ1) is 29.2. The van der Waals surface area contributed by atoms with Gasteiger partial charge >= 0.3 is 0 Å². The van der Waals surface area contributed by atoms with E-state index in [2.05, 4.69) is 57.2 Å². The lowest BCUT2D eigenvalue weighted by molar-refractivity contribution is -0.129. The van der Waals surface area contributed by atoms with Crippen LogP contribution in [0.1, 0.15) is 69.9 Å². The van der Waals surface area contributed by atoms with Crippen LogP contribution in [0, 0.1) is 0 Å². The maximum atomic E-state index is 13.7. The molecule has 3 saturated heterocycles. The number of likely N-dealkylation sites (tertiary alicyclic amines) is 3. The number of fused-ring (bicyclic) bond motifs is 1. The third kappa shape index (κ3) is 6.68. The molecule has 42 heavy (non-hydrogen) atoms. The highest BCUT2D eigenvalue weighted by Crippen LogP contribution is 2.42. The molecule has 0 aromatic heterocycles. The molecule has 3 aromatic carbocycles. The second kappa shape index (κ2) is 13.2. The Morgan fingerprint density at radius 3 is 2.48 bits per heavy atom. The second-order valence-corrected chi connectivity index (χ2v) is 13.3. The Labute approximate surface area is 252 Å². The fourth-order valence-electron chi connectivity index (χ4n) is 7.78. The summed E-state index contributed by atoms with van der Waals surface area (Å²) in [6.07, 6.45) is 9.41. The smallest absolute Gasteiger partial charge is 0.227 e. The zero-order valence-corrected chi connectivity index (χ0v) is 25.8. The van der Waals surface area contributed by atoms with Crippen molar-refractivity contribution >= 4 is 16.7 Å². The van der Waals surface area contributed by atoms with Gasteiger partial charge in [-0.15, -0.1) is 0 Å². The van der Waals surface area contributed by atoms with Crippen LogP contribution in [0.3, 0.4) is 0 Å². The second-order valence-electron chi connectivity index (χ2n) is 13.3. The summed E-state index contributed by atoms with van der Waals surface area (Å²) in [5.41, 5.74) is 2.42. The fourth-order valence-corrected chi connectivity index (χ4v) is 7.78. The number of benzene rings is 3. The Bertz CT molecular complexity index is 1340. The van der Waals surface area contributed by atoms with Gasteiger partial charge < -0.3 is 19.4 Å². The SMILES string of the molecule is CC(C)Oc1cccc(CC(=O)N2CC[C@@](CCN3CCC(N4CCCCC4)CC3)(c3cccc4ccccc34)C2)c1. The minimum atomic E-state index is -0.0250. The molecule has 3 fully saturated rings. The molecule has 5 heteroatoms. The van der Waals surface area contributed by atoms with Gasteiger partial charge in [0, 0.05) is 24.5 Å². The van der Waals surface area contributed by atoms with Crippen LogP contribution in [-0.4, -0.2) is 78.6 Å². The molecule has 0 spiro atoms. The number of nitrogens with zero attached hydrogens (tertiary/aromatic N) is 3. The van der Waals surface area contributed by atoms with Crippen LogP contribution in [0.5, 0.6) is 5.75 Å². The van der Waals surface area contributed by atoms with Crippen molar-refractivity contribution in [1.29, 1.82) is 0 Å². The van der Waals surface area contributed by atoms with Crippen molar-refractivity contribution in [3.63, 3.8) is 0 Å². The van der Waals surface area contributed by atoms with E-state index >= 15 is 0 Å². The fraction of sp³-hybridized carbons (Fsp3) is 0.541. The third-order valence-corrected chi connectivity index (χ3v) is 10.1. The van der Waals surface area contributed by atoms with E-state index in [0.717, 1.165) is 49.8 Å². The standard InChI is InChI=1S/C37H49N3O2/c1-29(2)42-33-13-8-10-30(26-33)27-36(41)40-25-19-37(28-40,35-15-9-12-31-11-4-5-14-34(31)35)18-24-38-22-16-32(17-23-38)39-20-6-3-7-21-39/h4-5,8-15,26,29,32H,3,6-7,16-25,27-28H2,1-2H3/t37-/m1/s1. The number of hydrogen-bond acceptors (Lipinski definition) is 4. The quantitative estimate of drug-likeness (QED) is 0.289. The summed E-state index contributed by atoms with van der Waals surface area (Å²) in [4.78, 5) is 21.3. The molecule has 3 aliphatic rings. The molecule has 0 N–H and O–H groups in total. The molecule has 1 atom stereocenters. The molecular weight excluding hydrogens is 518 g/mol. The molecule has 0 radical (unpaired) electrons. The molecule has 3 heterocycles. The summed E-state index contributed by atoms with van der Waals surface area (Å²) in [6.45, 7) is 11.8. The van der Waals surface area contributed by atoms with Crippen molar-refractivity contribution in [3.05, 3.63) is 77.9 Å². The van der Waals surface area contributed by atoms with Gasteiger partial charge in [-0.25, -0.2) is 0 Å². The van der Waals surface area contributed by atoms with E-state index < -0.39 is 0 Å². The number of piperidine rings is 2. The van der Waals surface area contributed by atoms with Crippen molar-refractivity contribution in [1.82, 2.24) is 14.7 Å². The van der Waals surface area contributed by atoms with Crippen LogP contribution in [-0.2, 0) is 16.6 Å². The summed E-state index contributed by atoms with van der Waals surface area (Å²) in [5, 5.41) is 2.64. The molecule has 3 aromatic rings. The lowest BCUT2D eigenvalue weighted by atomic mass is 9.74. The molecule has 224 valence electrons. The Kier molecular flexibility index (Phi) is 9.16. The van der Waals surface area contributed by atoms with E-state index in [0.29, 0.717) is 6.42 Å². The highest BCUT2D eigenvalue weighted by Gasteiger charge is 2.42. The van der Waals surface area contributed by atoms with Gasteiger partial charge in [0.25, 0.3) is 0 Å². The van der Waals surface area contributed by atoms with Crippen LogP contribution in [0.25, 0.3) is 10.8 Å². The highest BCUT2D eigenvalue weighted by atomic mass is 16.5. The molecule has 5 nitrogen and oxygen atoms in total. The first-order valence-electron chi connectivity index (χ1n) is 16.5. The van der Waals surface area contributed by atoms with E-state index in [4.69, 9.17) is 4.74 Å². The monoisotopic (exact) mass is 567 g/mol. The van der Waals surface area contributed by atoms with Crippen molar-refractivity contribution in [2.45, 2.75) is 82.8 Å². The van der Waals surface area contributed by atoms with Crippen molar-refractivity contribution in [3.8, 4) is 5.75 Å². The Morgan fingerprint density at radius 2 is 1.67 bits per heavy atom. The number of ether oxygens (including phenoxy) is 1. The molecular formula is C37H49N3O2. The van der Waals surface area contributed by atoms with E-state index in [9.17, 15) is 4.79 Å². The summed E-state index contributed by atoms with van der Waals surface area (Å²) in [7, 11) is 0. The average Bonchev–Trinajstić information content (AvgIpc) is 3.46. The Morgan fingerprint density at radius 1 is 0.905 bits per heavy atom. The zero-order valence-electron chi connectivity index (χ0n) is 25.8. The topological polar surface area (TPSA) is 36.0 Å². The molecule has 6 rings (SSSR count). The number of rotatable bonds is 9. The summed E-state index contributed by atoms with van der Waals surface area (Å²) >= 11 is 0. The van der Waals surface area contributed by atoms with Gasteiger partial charge in [0.15, 0.2) is 0 Å². The predicted octanol–water partition coefficient (Wildman–Crippen LogP) is 6.68. The summed E-state index contributed by atoms with van der Waals surface area (Å²) in [6, 6.07) is 24.4. The van der Waals surface area contributed by atoms with E-state index in [1.807, 2.05) is 38.1 Å². The highest BCUT2D eigenvalue weighted by molar-refractivity contribution is 5.87. The van der Waals surface area contributed by atoms with E-state index in [1.54, 1.807) is 0 Å². The Hall–Kier alpha value is -2.89. The van der Waals surface area contributed by atoms with Crippen LogP contribution in [0.15, 0.2) is 66.7 Å². The van der Waals surface area contributed by atoms with Crippen molar-refractivity contribution in [2.24, 2.45) is 0 Å². The van der Waals surface area contributed by atoms with E-state index in [-0.39, 0.29) is 17.4 Å². The molecule has 0 aliphatic carbocycles. The minimum Gasteiger partial charge on any atom is -0.491 e. The maximum Gasteiger partial charge on any atom is 0.227 e. The van der Waals surface area contributed by atoms with Gasteiger partial charge in [0.05, 0.1) is 12.5 Å². The normalized spacial score (nSPS) is 22.7. The van der Waals surface area contributed by atoms with E-state index in [1.165, 1.54) is 74.6 Å². The molecule has 0 saturated carbocycles. The van der Waals surface area contributed by atoms with Crippen LogP contribution in [0.4, 0.5) is 0 Å². The van der Waals surface area contributed by atoms with Gasteiger partial charge in [-0.3, -0.25) is 4.79 Å². The van der Waals surface area contributed by atoms with Gasteiger partial charge in [0.2, 0.25) is 5.91 Å². The number of carbonyl (C=O) groups is 1. The summed E-state index contributed by atoms with van der Waals surface area (Å²) < 4.78 is 5.89. The molecule has 1 amide bonds. The van der Waals surface area contributed by atoms with Gasteiger partial charge in [-0.05, 0) is 119 Å². The zero-order chi connectivity index (χ0) is 28.9. The first-order chi connectivity index (χ1) is 20.5. The third-order valence-electron chi connectivity index (χ3n) is 10.1. The lowest BCUT2D eigenvalue weighted by Crippen LogP contribution is -2.47. The number of carbonyl (C=O) groups excluding carboxylic acids is 1. The van der Waals surface area contributed by atoms with Gasteiger partial charge in [-0.1, -0.05) is 61.0 Å². The predicted molar refractivity (Wildman–Crippen MR) is 172 cm³/mol. The van der Waals surface area contributed by atoms with Crippen LogP contribution < -0.4 is 4.74 Å². The largest absolute Gasteiger partial charge is 0.491 e. The van der Waals surface area contributed by atoms with Crippen molar-refractivity contribution < 1.29 is 9.53 Å². The average molecular weight is 568 g/mol. The van der Waals surface area contributed by atoms with Gasteiger partial charge in [0.1, 0.15) is 5.75 Å². The maximum absolute atomic E-state index is 13.7. The number of amides is 1. The molecule has 0 bridgehead atoms.